The van der Waals surface area contributed by atoms with E-state index in [0.29, 0.717) is 38.0 Å². The zero-order valence-electron chi connectivity index (χ0n) is 38.9. The van der Waals surface area contributed by atoms with Gasteiger partial charge in [0.2, 0.25) is 0 Å². The van der Waals surface area contributed by atoms with Crippen molar-refractivity contribution in [1.82, 2.24) is 19.7 Å². The van der Waals surface area contributed by atoms with Crippen LogP contribution in [0.2, 0.25) is 0 Å². The second kappa shape index (κ2) is 15.3. The molecular weight excluding hydrogens is 799 g/mol. The number of amides is 1. The van der Waals surface area contributed by atoms with Gasteiger partial charge in [0.05, 0.1) is 20.3 Å². The average molecular weight is 866 g/mol. The maximum atomic E-state index is 15.4. The third-order valence-electron chi connectivity index (χ3n) is 16.6. The number of benzene rings is 2. The zero-order valence-corrected chi connectivity index (χ0v) is 38.9. The van der Waals surface area contributed by atoms with Gasteiger partial charge in [-0.05, 0) is 80.7 Å². The van der Waals surface area contributed by atoms with E-state index in [2.05, 4.69) is 82.9 Å². The van der Waals surface area contributed by atoms with Crippen molar-refractivity contribution in [2.75, 3.05) is 73.0 Å². The van der Waals surface area contributed by atoms with Gasteiger partial charge in [0.25, 0.3) is 0 Å². The number of likely N-dealkylation sites (N-methyl/N-ethyl adjacent to an activating group) is 1. The number of ether oxygens (including phenoxy) is 4. The lowest BCUT2D eigenvalue weighted by Crippen LogP contribution is -2.78. The van der Waals surface area contributed by atoms with Gasteiger partial charge in [0.1, 0.15) is 28.5 Å². The molecule has 1 aromatic heterocycles. The zero-order chi connectivity index (χ0) is 45.0. The van der Waals surface area contributed by atoms with Gasteiger partial charge < -0.3 is 38.8 Å². The first-order valence-corrected chi connectivity index (χ1v) is 23.0. The first-order valence-electron chi connectivity index (χ1n) is 23.0. The summed E-state index contributed by atoms with van der Waals surface area (Å²) in [6.45, 7) is 13.3. The number of aliphatic hydroxyl groups is 1. The Hall–Kier alpha value is -4.59. The highest BCUT2D eigenvalue weighted by Crippen LogP contribution is 2.68. The lowest BCUT2D eigenvalue weighted by molar-refractivity contribution is -0.213. The first-order chi connectivity index (χ1) is 29.9. The number of aromatic nitrogens is 1. The molecule has 6 aliphatic rings. The molecule has 10 unspecified atom stereocenters. The minimum Gasteiger partial charge on any atom is -0.496 e. The van der Waals surface area contributed by atoms with Crippen molar-refractivity contribution in [3.8, 4) is 5.75 Å². The van der Waals surface area contributed by atoms with E-state index in [9.17, 15) is 14.7 Å². The van der Waals surface area contributed by atoms with E-state index >= 15 is 4.79 Å². The Kier molecular flexibility index (Phi) is 10.6. The van der Waals surface area contributed by atoms with E-state index in [-0.39, 0.29) is 29.9 Å². The number of hydrogen-bond donors (Lipinski definition) is 2. The van der Waals surface area contributed by atoms with Gasteiger partial charge in [-0.3, -0.25) is 19.4 Å². The van der Waals surface area contributed by atoms with Crippen molar-refractivity contribution in [3.05, 3.63) is 70.9 Å². The van der Waals surface area contributed by atoms with Gasteiger partial charge in [0, 0.05) is 111 Å². The van der Waals surface area contributed by atoms with Crippen molar-refractivity contribution in [1.29, 1.82) is 0 Å². The maximum Gasteiger partial charge on any atom is 0.409 e. The van der Waals surface area contributed by atoms with Gasteiger partial charge in [-0.2, -0.15) is 0 Å². The van der Waals surface area contributed by atoms with Crippen molar-refractivity contribution in [2.45, 2.75) is 113 Å². The number of methoxy groups -OCH3 is 2. The second-order valence-electron chi connectivity index (χ2n) is 20.5. The molecule has 5 aliphatic heterocycles. The van der Waals surface area contributed by atoms with Gasteiger partial charge in [-0.1, -0.05) is 51.1 Å². The number of piperidine rings is 1. The third kappa shape index (κ3) is 6.21. The van der Waals surface area contributed by atoms with Crippen LogP contribution in [0, 0.1) is 17.3 Å². The molecule has 63 heavy (non-hydrogen) atoms. The summed E-state index contributed by atoms with van der Waals surface area (Å²) in [6.07, 6.45) is 6.68. The smallest absolute Gasteiger partial charge is 0.409 e. The number of nitrogens with zero attached hydrogens (tertiary/aromatic N) is 4. The van der Waals surface area contributed by atoms with Gasteiger partial charge >= 0.3 is 18.0 Å². The molecule has 1 amide bonds. The molecule has 1 spiro atoms. The van der Waals surface area contributed by atoms with Crippen LogP contribution in [0.4, 0.5) is 10.5 Å². The normalized spacial score (nSPS) is 35.6. The summed E-state index contributed by atoms with van der Waals surface area (Å²) in [5.74, 6) is -0.293. The molecular formula is C50H67N5O8. The van der Waals surface area contributed by atoms with E-state index in [4.69, 9.17) is 18.9 Å². The predicted octanol–water partition coefficient (Wildman–Crippen LogP) is 5.98. The minimum atomic E-state index is -1.47. The summed E-state index contributed by atoms with van der Waals surface area (Å²) in [5, 5.41) is 14.3. The van der Waals surface area contributed by atoms with Crippen LogP contribution in [0.5, 0.6) is 5.75 Å². The molecule has 6 heterocycles. The number of para-hydroxylation sites is 1. The van der Waals surface area contributed by atoms with Gasteiger partial charge in [-0.25, -0.2) is 4.79 Å². The molecule has 2 aromatic carbocycles. The van der Waals surface area contributed by atoms with Crippen LogP contribution < -0.4 is 9.64 Å². The Bertz CT molecular complexity index is 2360. The molecule has 13 nitrogen and oxygen atoms in total. The molecule has 1 saturated carbocycles. The number of nitrogens with one attached hydrogen (secondary N) is 1. The molecule has 2 saturated heterocycles. The van der Waals surface area contributed by atoms with Gasteiger partial charge in [-0.15, -0.1) is 0 Å². The summed E-state index contributed by atoms with van der Waals surface area (Å²) >= 11 is 0. The van der Waals surface area contributed by atoms with Crippen LogP contribution in [-0.2, 0) is 47.5 Å². The summed E-state index contributed by atoms with van der Waals surface area (Å²) < 4.78 is 25.3. The lowest BCUT2D eigenvalue weighted by Gasteiger charge is -2.64. The van der Waals surface area contributed by atoms with E-state index < -0.39 is 45.6 Å². The second-order valence-corrected chi connectivity index (χ2v) is 20.5. The summed E-state index contributed by atoms with van der Waals surface area (Å²) in [4.78, 5) is 54.3. The molecule has 10 atom stereocenters. The molecule has 1 aliphatic carbocycles. The number of anilines is 1. The molecule has 2 bridgehead atoms. The maximum absolute atomic E-state index is 15.4. The topological polar surface area (TPSA) is 137 Å². The van der Waals surface area contributed by atoms with Crippen LogP contribution in [0.1, 0.15) is 82.7 Å². The molecule has 3 aromatic rings. The van der Waals surface area contributed by atoms with Crippen molar-refractivity contribution < 1.29 is 38.4 Å². The molecule has 340 valence electrons. The van der Waals surface area contributed by atoms with E-state index in [1.54, 1.807) is 21.2 Å². The Morgan fingerprint density at radius 2 is 1.81 bits per heavy atom. The fourth-order valence-electron chi connectivity index (χ4n) is 14.2. The van der Waals surface area contributed by atoms with Gasteiger partial charge in [0.15, 0.2) is 0 Å². The van der Waals surface area contributed by atoms with Crippen LogP contribution in [0.3, 0.4) is 0 Å². The number of carbonyl (C=O) groups is 3. The van der Waals surface area contributed by atoms with Crippen molar-refractivity contribution in [3.63, 3.8) is 0 Å². The number of H-pyrrole nitrogens is 1. The Balaban J connectivity index is 1.29. The van der Waals surface area contributed by atoms with E-state index in [0.717, 1.165) is 78.0 Å². The number of fused-ring (bicyclic) bond motifs is 6. The van der Waals surface area contributed by atoms with Crippen LogP contribution in [-0.4, -0.2) is 140 Å². The van der Waals surface area contributed by atoms with Crippen molar-refractivity contribution >= 4 is 34.6 Å². The molecule has 0 radical (unpaired) electrons. The monoisotopic (exact) mass is 865 g/mol. The minimum absolute atomic E-state index is 0.00416. The largest absolute Gasteiger partial charge is 0.496 e. The predicted molar refractivity (Wildman–Crippen MR) is 241 cm³/mol. The quantitative estimate of drug-likeness (QED) is 0.165. The number of aromatic amines is 1. The van der Waals surface area contributed by atoms with E-state index in [1.165, 1.54) is 18.9 Å². The summed E-state index contributed by atoms with van der Waals surface area (Å²) in [5.41, 5.74) is 1.07. The Morgan fingerprint density at radius 3 is 2.49 bits per heavy atom. The Labute approximate surface area is 372 Å². The van der Waals surface area contributed by atoms with E-state index in [1.807, 2.05) is 20.0 Å². The average Bonchev–Trinajstić information content (AvgIpc) is 3.89. The van der Waals surface area contributed by atoms with Crippen LogP contribution >= 0.6 is 0 Å². The van der Waals surface area contributed by atoms with Crippen LogP contribution in [0.25, 0.3) is 10.9 Å². The number of hydrogen-bond acceptors (Lipinski definition) is 11. The molecule has 13 heteroatoms. The Morgan fingerprint density at radius 1 is 1.05 bits per heavy atom. The highest BCUT2D eigenvalue weighted by atomic mass is 16.6. The first kappa shape index (κ1) is 43.7. The standard InChI is InChI=1S/C50H67N5O8/c1-11-47-18-14-20-55-22-19-50(42(47)55)35-23-36(40(60-9)24-39(35)53(8)41(50)46(5,59)43(47)62-31(4)56)48(44(57)61-10)25-32-26-49(30(2)3,63-45(58)52(6)7)29-54(28-32)21-17-34-33-15-12-13-16-37(33)51-38(34)27-48/h12-16,18,23-24,30,32,41-43,51,59H,11,17,19-22,25-29H2,1-10H3. The summed E-state index contributed by atoms with van der Waals surface area (Å²) in [7, 11) is 8.61. The lowest BCUT2D eigenvalue weighted by atomic mass is 9.48. The van der Waals surface area contributed by atoms with Crippen molar-refractivity contribution in [2.24, 2.45) is 17.3 Å². The molecule has 3 fully saturated rings. The molecule has 2 N–H and O–H groups in total. The number of rotatable bonds is 7. The fraction of sp³-hybridized carbons (Fsp3) is 0.620. The SMILES string of the molecule is CCC12C=CCN3CCC4(c5cc(C6(C(=O)OC)Cc7[nH]c8ccccc8c7CCN7CC(C6)CC(OC(=O)N(C)C)(C(C)C)C7)c(OC)cc5N(C)C4C(C)(O)C1OC(C)=O)C32. The number of esters is 2. The summed E-state index contributed by atoms with van der Waals surface area (Å²) in [6, 6.07) is 12.1. The highest BCUT2D eigenvalue weighted by Gasteiger charge is 2.77. The fourth-order valence-corrected chi connectivity index (χ4v) is 14.2. The highest BCUT2D eigenvalue weighted by molar-refractivity contribution is 5.89. The number of carbonyl (C=O) groups excluding carboxylic acids is 3. The van der Waals surface area contributed by atoms with Crippen LogP contribution in [0.15, 0.2) is 48.6 Å². The molecule has 9 rings (SSSR count). The third-order valence-corrected chi connectivity index (χ3v) is 16.6.